The molecule has 2 fully saturated rings. The summed E-state index contributed by atoms with van der Waals surface area (Å²) in [5.74, 6) is 4.00. The predicted molar refractivity (Wildman–Crippen MR) is 73.7 cm³/mol. The fraction of sp³-hybridized carbons (Fsp3) is 0.867. The van der Waals surface area contributed by atoms with Gasteiger partial charge in [-0.1, -0.05) is 30.8 Å². The molecule has 0 bridgehead atoms. The largest absolute Gasteiger partial charge is 0.339 e. The van der Waals surface area contributed by atoms with E-state index in [1.807, 2.05) is 6.92 Å². The normalized spacial score (nSPS) is 32.8. The number of fused-ring (bicyclic) bond motifs is 1. The molecular weight excluding hydrogens is 238 g/mol. The Hall–Kier alpha value is -0.900. The van der Waals surface area contributed by atoms with E-state index in [1.54, 1.807) is 0 Å². The summed E-state index contributed by atoms with van der Waals surface area (Å²) in [6.45, 7) is 1.98. The zero-order valence-corrected chi connectivity index (χ0v) is 11.8. The van der Waals surface area contributed by atoms with E-state index < -0.39 is 0 Å². The van der Waals surface area contributed by atoms with Crippen molar-refractivity contribution in [3.63, 3.8) is 0 Å². The second-order valence-electron chi connectivity index (χ2n) is 6.54. The van der Waals surface area contributed by atoms with E-state index in [2.05, 4.69) is 10.1 Å². The van der Waals surface area contributed by atoms with Crippen LogP contribution in [0.15, 0.2) is 4.52 Å². The molecule has 1 aromatic heterocycles. The van der Waals surface area contributed by atoms with Crippen LogP contribution < -0.4 is 5.73 Å². The maximum absolute atomic E-state index is 5.78. The van der Waals surface area contributed by atoms with E-state index in [1.165, 1.54) is 44.9 Å². The van der Waals surface area contributed by atoms with Gasteiger partial charge < -0.3 is 10.3 Å². The molecular formula is C15H25N3O. The Morgan fingerprint density at radius 1 is 1.21 bits per heavy atom. The minimum absolute atomic E-state index is 0.0968. The smallest absolute Gasteiger partial charge is 0.229 e. The first-order valence-electron chi connectivity index (χ1n) is 7.80. The van der Waals surface area contributed by atoms with Gasteiger partial charge in [0.2, 0.25) is 5.89 Å². The lowest BCUT2D eigenvalue weighted by Crippen LogP contribution is -2.27. The monoisotopic (exact) mass is 263 g/mol. The van der Waals surface area contributed by atoms with Crippen molar-refractivity contribution in [3.05, 3.63) is 11.7 Å². The van der Waals surface area contributed by atoms with Gasteiger partial charge in [0, 0.05) is 18.4 Å². The maximum Gasteiger partial charge on any atom is 0.229 e. The number of aromatic nitrogens is 2. The Labute approximate surface area is 115 Å². The van der Waals surface area contributed by atoms with Gasteiger partial charge in [-0.25, -0.2) is 0 Å². The first-order valence-corrected chi connectivity index (χ1v) is 7.80. The Morgan fingerprint density at radius 3 is 2.79 bits per heavy atom. The van der Waals surface area contributed by atoms with Gasteiger partial charge in [0.25, 0.3) is 0 Å². The van der Waals surface area contributed by atoms with Gasteiger partial charge in [-0.2, -0.15) is 4.98 Å². The van der Waals surface area contributed by atoms with E-state index in [-0.39, 0.29) is 6.04 Å². The first-order chi connectivity index (χ1) is 9.22. The van der Waals surface area contributed by atoms with E-state index in [9.17, 15) is 0 Å². The summed E-state index contributed by atoms with van der Waals surface area (Å²) in [5.41, 5.74) is 5.78. The lowest BCUT2D eigenvalue weighted by molar-refractivity contribution is 0.142. The molecule has 0 spiro atoms. The van der Waals surface area contributed by atoms with E-state index in [0.29, 0.717) is 12.3 Å². The number of nitrogens with two attached hydrogens (primary N) is 1. The highest BCUT2D eigenvalue weighted by molar-refractivity contribution is 4.99. The minimum atomic E-state index is 0.0968. The van der Waals surface area contributed by atoms with Crippen LogP contribution in [0.5, 0.6) is 0 Å². The molecule has 1 aromatic rings. The van der Waals surface area contributed by atoms with Crippen molar-refractivity contribution in [2.24, 2.45) is 17.6 Å². The van der Waals surface area contributed by atoms with Crippen LogP contribution in [0.25, 0.3) is 0 Å². The van der Waals surface area contributed by atoms with Gasteiger partial charge in [-0.05, 0) is 38.0 Å². The topological polar surface area (TPSA) is 64.9 Å². The maximum atomic E-state index is 5.78. The summed E-state index contributed by atoms with van der Waals surface area (Å²) in [7, 11) is 0. The van der Waals surface area contributed by atoms with Crippen LogP contribution in [0.2, 0.25) is 0 Å². The van der Waals surface area contributed by atoms with E-state index in [0.717, 1.165) is 23.6 Å². The summed E-state index contributed by atoms with van der Waals surface area (Å²) >= 11 is 0. The quantitative estimate of drug-likeness (QED) is 0.910. The molecule has 2 aliphatic rings. The second kappa shape index (κ2) is 5.61. The van der Waals surface area contributed by atoms with Crippen LogP contribution in [0.1, 0.15) is 69.5 Å². The van der Waals surface area contributed by atoms with Crippen LogP contribution in [0.3, 0.4) is 0 Å². The van der Waals surface area contributed by atoms with Crippen molar-refractivity contribution in [3.8, 4) is 0 Å². The standard InChI is InChI=1S/C15H25N3O/c1-10(16)8-14-17-15(19-18-14)13-7-6-11-4-2-3-5-12(11)9-13/h10-13H,2-9,16H2,1H3. The Morgan fingerprint density at radius 2 is 2.00 bits per heavy atom. The SMILES string of the molecule is CC(N)Cc1noc(C2CCC3CCCCC3C2)n1. The molecule has 3 rings (SSSR count). The zero-order valence-electron chi connectivity index (χ0n) is 11.8. The Bertz CT molecular complexity index is 415. The molecule has 2 N–H and O–H groups in total. The molecule has 0 amide bonds. The molecule has 4 unspecified atom stereocenters. The van der Waals surface area contributed by atoms with Crippen molar-refractivity contribution in [1.82, 2.24) is 10.1 Å². The molecule has 4 nitrogen and oxygen atoms in total. The lowest BCUT2D eigenvalue weighted by atomic mass is 9.67. The predicted octanol–water partition coefficient (Wildman–Crippen LogP) is 3.03. The zero-order chi connectivity index (χ0) is 13.2. The highest BCUT2D eigenvalue weighted by Gasteiger charge is 2.34. The van der Waals surface area contributed by atoms with Crippen LogP contribution in [0, 0.1) is 11.8 Å². The van der Waals surface area contributed by atoms with Gasteiger partial charge >= 0.3 is 0 Å². The molecule has 0 saturated heterocycles. The number of rotatable bonds is 3. The van der Waals surface area contributed by atoms with E-state index >= 15 is 0 Å². The summed E-state index contributed by atoms with van der Waals surface area (Å²) in [6.07, 6.45) is 10.2. The minimum Gasteiger partial charge on any atom is -0.339 e. The van der Waals surface area contributed by atoms with Gasteiger partial charge in [0.05, 0.1) is 0 Å². The van der Waals surface area contributed by atoms with Crippen molar-refractivity contribution in [1.29, 1.82) is 0 Å². The number of hydrogen-bond donors (Lipinski definition) is 1. The molecule has 0 aliphatic heterocycles. The summed E-state index contributed by atoms with van der Waals surface area (Å²) in [4.78, 5) is 4.55. The summed E-state index contributed by atoms with van der Waals surface area (Å²) in [6, 6.07) is 0.0968. The molecule has 0 radical (unpaired) electrons. The molecule has 4 atom stereocenters. The third kappa shape index (κ3) is 2.99. The average molecular weight is 263 g/mol. The Balaban J connectivity index is 1.64. The fourth-order valence-electron chi connectivity index (χ4n) is 3.90. The van der Waals surface area contributed by atoms with Crippen molar-refractivity contribution < 1.29 is 4.52 Å². The number of hydrogen-bond acceptors (Lipinski definition) is 4. The van der Waals surface area contributed by atoms with Crippen LogP contribution >= 0.6 is 0 Å². The van der Waals surface area contributed by atoms with Crippen LogP contribution in [-0.4, -0.2) is 16.2 Å². The number of nitrogens with zero attached hydrogens (tertiary/aromatic N) is 2. The van der Waals surface area contributed by atoms with Crippen molar-refractivity contribution in [2.45, 2.75) is 70.3 Å². The van der Waals surface area contributed by atoms with Gasteiger partial charge in [0.1, 0.15) is 0 Å². The summed E-state index contributed by atoms with van der Waals surface area (Å²) < 4.78 is 5.47. The molecule has 1 heterocycles. The van der Waals surface area contributed by atoms with Crippen molar-refractivity contribution in [2.75, 3.05) is 0 Å². The van der Waals surface area contributed by atoms with Gasteiger partial charge in [-0.3, -0.25) is 0 Å². The van der Waals surface area contributed by atoms with Gasteiger partial charge in [-0.15, -0.1) is 0 Å². The average Bonchev–Trinajstić information content (AvgIpc) is 2.86. The fourth-order valence-corrected chi connectivity index (χ4v) is 3.90. The van der Waals surface area contributed by atoms with Crippen LogP contribution in [0.4, 0.5) is 0 Å². The molecule has 2 saturated carbocycles. The van der Waals surface area contributed by atoms with Crippen LogP contribution in [-0.2, 0) is 6.42 Å². The summed E-state index contributed by atoms with van der Waals surface area (Å²) in [5, 5.41) is 4.07. The molecule has 106 valence electrons. The highest BCUT2D eigenvalue weighted by atomic mass is 16.5. The molecule has 2 aliphatic carbocycles. The second-order valence-corrected chi connectivity index (χ2v) is 6.54. The first kappa shape index (κ1) is 13.1. The third-order valence-corrected chi connectivity index (χ3v) is 4.88. The van der Waals surface area contributed by atoms with Gasteiger partial charge in [0.15, 0.2) is 5.82 Å². The third-order valence-electron chi connectivity index (χ3n) is 4.88. The Kier molecular flexibility index (Phi) is 3.87. The highest BCUT2D eigenvalue weighted by Crippen LogP contribution is 2.45. The molecule has 4 heteroatoms. The van der Waals surface area contributed by atoms with Crippen molar-refractivity contribution >= 4 is 0 Å². The molecule has 19 heavy (non-hydrogen) atoms. The lowest BCUT2D eigenvalue weighted by Gasteiger charge is -2.38. The molecule has 0 aromatic carbocycles. The van der Waals surface area contributed by atoms with E-state index in [4.69, 9.17) is 10.3 Å².